The number of carbonyl (C=O) groups is 2. The van der Waals surface area contributed by atoms with E-state index in [1.165, 1.54) is 12.0 Å². The molecule has 0 unspecified atom stereocenters. The summed E-state index contributed by atoms with van der Waals surface area (Å²) in [6.07, 6.45) is 2.19. The number of amides is 1. The fraction of sp³-hybridized carbons (Fsp3) is 0.412. The number of hydrogen-bond acceptors (Lipinski definition) is 4. The lowest BCUT2D eigenvalue weighted by molar-refractivity contribution is -0.147. The molecule has 23 heavy (non-hydrogen) atoms. The van der Waals surface area contributed by atoms with Crippen molar-refractivity contribution in [2.24, 2.45) is 7.05 Å². The second-order valence-corrected chi connectivity index (χ2v) is 5.34. The summed E-state index contributed by atoms with van der Waals surface area (Å²) in [5.74, 6) is -0.559. The van der Waals surface area contributed by atoms with E-state index in [0.717, 1.165) is 16.5 Å². The van der Waals surface area contributed by atoms with Gasteiger partial charge in [0.15, 0.2) is 0 Å². The SMILES string of the molecule is COCCN(CC(=O)OC)C(=O)Cc1cn(C)c2ccccc12. The van der Waals surface area contributed by atoms with E-state index >= 15 is 0 Å². The summed E-state index contributed by atoms with van der Waals surface area (Å²) >= 11 is 0. The Balaban J connectivity index is 2.17. The van der Waals surface area contributed by atoms with E-state index in [-0.39, 0.29) is 18.9 Å². The number of esters is 1. The van der Waals surface area contributed by atoms with Crippen LogP contribution in [0.3, 0.4) is 0 Å². The number of fused-ring (bicyclic) bond motifs is 1. The van der Waals surface area contributed by atoms with E-state index in [4.69, 9.17) is 4.74 Å². The number of rotatable bonds is 7. The Morgan fingerprint density at radius 2 is 1.96 bits per heavy atom. The van der Waals surface area contributed by atoms with Crippen LogP contribution in [0.25, 0.3) is 10.9 Å². The quantitative estimate of drug-likeness (QED) is 0.724. The van der Waals surface area contributed by atoms with E-state index in [1.807, 2.05) is 42.1 Å². The summed E-state index contributed by atoms with van der Waals surface area (Å²) in [7, 11) is 4.82. The number of para-hydroxylation sites is 1. The number of nitrogens with zero attached hydrogens (tertiary/aromatic N) is 2. The highest BCUT2D eigenvalue weighted by atomic mass is 16.5. The molecule has 1 aromatic carbocycles. The van der Waals surface area contributed by atoms with Crippen molar-refractivity contribution in [3.05, 3.63) is 36.0 Å². The van der Waals surface area contributed by atoms with E-state index in [2.05, 4.69) is 4.74 Å². The van der Waals surface area contributed by atoms with Crippen molar-refractivity contribution in [2.45, 2.75) is 6.42 Å². The summed E-state index contributed by atoms with van der Waals surface area (Å²) in [5, 5.41) is 1.05. The number of hydrogen-bond donors (Lipinski definition) is 0. The van der Waals surface area contributed by atoms with Crippen LogP contribution in [0.15, 0.2) is 30.5 Å². The number of ether oxygens (including phenoxy) is 2. The van der Waals surface area contributed by atoms with Gasteiger partial charge in [0.1, 0.15) is 6.54 Å². The van der Waals surface area contributed by atoms with Crippen LogP contribution < -0.4 is 0 Å². The van der Waals surface area contributed by atoms with Gasteiger partial charge in [0, 0.05) is 37.8 Å². The van der Waals surface area contributed by atoms with Gasteiger partial charge in [-0.3, -0.25) is 9.59 Å². The van der Waals surface area contributed by atoms with Gasteiger partial charge in [0.2, 0.25) is 5.91 Å². The molecule has 0 aliphatic rings. The zero-order valence-electron chi connectivity index (χ0n) is 13.7. The van der Waals surface area contributed by atoms with Crippen LogP contribution in [0.5, 0.6) is 0 Å². The molecule has 0 aliphatic carbocycles. The van der Waals surface area contributed by atoms with Crippen molar-refractivity contribution in [1.82, 2.24) is 9.47 Å². The molecule has 0 N–H and O–H groups in total. The second-order valence-electron chi connectivity index (χ2n) is 5.34. The molecule has 1 aromatic heterocycles. The lowest BCUT2D eigenvalue weighted by Gasteiger charge is -2.21. The van der Waals surface area contributed by atoms with Gasteiger partial charge in [-0.2, -0.15) is 0 Å². The molecule has 124 valence electrons. The summed E-state index contributed by atoms with van der Waals surface area (Å²) in [6.45, 7) is 0.664. The third-order valence-corrected chi connectivity index (χ3v) is 3.79. The second kappa shape index (κ2) is 7.78. The molecule has 0 radical (unpaired) electrons. The Morgan fingerprint density at radius 1 is 1.22 bits per heavy atom. The normalized spacial score (nSPS) is 10.7. The van der Waals surface area contributed by atoms with E-state index < -0.39 is 5.97 Å². The van der Waals surface area contributed by atoms with Crippen LogP contribution in [0.4, 0.5) is 0 Å². The predicted molar refractivity (Wildman–Crippen MR) is 87.1 cm³/mol. The monoisotopic (exact) mass is 318 g/mol. The molecule has 2 aromatic rings. The Labute approximate surface area is 135 Å². The predicted octanol–water partition coefficient (Wildman–Crippen LogP) is 1.37. The molecule has 0 atom stereocenters. The van der Waals surface area contributed by atoms with Crippen LogP contribution in [-0.2, 0) is 32.5 Å². The van der Waals surface area contributed by atoms with Gasteiger partial charge in [-0.25, -0.2) is 0 Å². The number of carbonyl (C=O) groups excluding carboxylic acids is 2. The molecule has 0 fully saturated rings. The fourth-order valence-corrected chi connectivity index (χ4v) is 2.55. The largest absolute Gasteiger partial charge is 0.468 e. The average Bonchev–Trinajstić information content (AvgIpc) is 2.87. The van der Waals surface area contributed by atoms with Crippen molar-refractivity contribution in [3.8, 4) is 0 Å². The molecule has 2 rings (SSSR count). The molecule has 0 bridgehead atoms. The molecule has 6 heteroatoms. The molecule has 1 heterocycles. The maximum absolute atomic E-state index is 12.6. The standard InChI is InChI=1S/C17H22N2O4/c1-18-11-13(14-6-4-5-7-15(14)18)10-16(20)19(8-9-22-2)12-17(21)23-3/h4-7,11H,8-10,12H2,1-3H3. The minimum atomic E-state index is -0.438. The zero-order valence-corrected chi connectivity index (χ0v) is 13.7. The fourth-order valence-electron chi connectivity index (χ4n) is 2.55. The third kappa shape index (κ3) is 4.10. The minimum Gasteiger partial charge on any atom is -0.468 e. The summed E-state index contributed by atoms with van der Waals surface area (Å²) < 4.78 is 11.7. The van der Waals surface area contributed by atoms with Crippen LogP contribution in [0.1, 0.15) is 5.56 Å². The smallest absolute Gasteiger partial charge is 0.325 e. The molecular formula is C17H22N2O4. The Kier molecular flexibility index (Phi) is 5.76. The van der Waals surface area contributed by atoms with Gasteiger partial charge >= 0.3 is 5.97 Å². The van der Waals surface area contributed by atoms with Crippen molar-refractivity contribution in [2.75, 3.05) is 33.9 Å². The van der Waals surface area contributed by atoms with Crippen molar-refractivity contribution >= 4 is 22.8 Å². The van der Waals surface area contributed by atoms with E-state index in [0.29, 0.717) is 13.2 Å². The topological polar surface area (TPSA) is 60.8 Å². The highest BCUT2D eigenvalue weighted by Gasteiger charge is 2.19. The highest BCUT2D eigenvalue weighted by molar-refractivity contribution is 5.90. The molecular weight excluding hydrogens is 296 g/mol. The van der Waals surface area contributed by atoms with Crippen LogP contribution >= 0.6 is 0 Å². The van der Waals surface area contributed by atoms with Gasteiger partial charge in [-0.05, 0) is 11.6 Å². The first kappa shape index (κ1) is 17.0. The Hall–Kier alpha value is -2.34. The molecule has 0 aliphatic heterocycles. The Bertz CT molecular complexity index is 693. The van der Waals surface area contributed by atoms with Crippen LogP contribution in [-0.4, -0.2) is 55.3 Å². The molecule has 0 spiro atoms. The first-order valence-electron chi connectivity index (χ1n) is 7.43. The van der Waals surface area contributed by atoms with Crippen molar-refractivity contribution < 1.29 is 19.1 Å². The summed E-state index contributed by atoms with van der Waals surface area (Å²) in [6, 6.07) is 7.93. The zero-order chi connectivity index (χ0) is 16.8. The third-order valence-electron chi connectivity index (χ3n) is 3.79. The van der Waals surface area contributed by atoms with Gasteiger partial charge < -0.3 is 18.9 Å². The Morgan fingerprint density at radius 3 is 2.65 bits per heavy atom. The van der Waals surface area contributed by atoms with Crippen LogP contribution in [0, 0.1) is 0 Å². The number of methoxy groups -OCH3 is 2. The van der Waals surface area contributed by atoms with E-state index in [1.54, 1.807) is 7.11 Å². The average molecular weight is 318 g/mol. The maximum atomic E-state index is 12.6. The number of aryl methyl sites for hydroxylation is 1. The molecule has 0 saturated carbocycles. The number of aromatic nitrogens is 1. The minimum absolute atomic E-state index is 0.0660. The lowest BCUT2D eigenvalue weighted by Crippen LogP contribution is -2.39. The molecule has 0 saturated heterocycles. The van der Waals surface area contributed by atoms with Crippen LogP contribution in [0.2, 0.25) is 0 Å². The first-order valence-corrected chi connectivity index (χ1v) is 7.43. The van der Waals surface area contributed by atoms with Gasteiger partial charge in [-0.1, -0.05) is 18.2 Å². The van der Waals surface area contributed by atoms with Gasteiger partial charge in [-0.15, -0.1) is 0 Å². The maximum Gasteiger partial charge on any atom is 0.325 e. The summed E-state index contributed by atoms with van der Waals surface area (Å²) in [5.41, 5.74) is 2.02. The molecule has 6 nitrogen and oxygen atoms in total. The van der Waals surface area contributed by atoms with Crippen molar-refractivity contribution in [1.29, 1.82) is 0 Å². The molecule has 1 amide bonds. The number of benzene rings is 1. The summed E-state index contributed by atoms with van der Waals surface area (Å²) in [4.78, 5) is 25.5. The van der Waals surface area contributed by atoms with Gasteiger partial charge in [0.05, 0.1) is 20.1 Å². The first-order chi connectivity index (χ1) is 11.1. The van der Waals surface area contributed by atoms with Gasteiger partial charge in [0.25, 0.3) is 0 Å². The highest BCUT2D eigenvalue weighted by Crippen LogP contribution is 2.21. The van der Waals surface area contributed by atoms with Crippen molar-refractivity contribution in [3.63, 3.8) is 0 Å². The van der Waals surface area contributed by atoms with E-state index in [9.17, 15) is 9.59 Å². The lowest BCUT2D eigenvalue weighted by atomic mass is 10.1.